The van der Waals surface area contributed by atoms with Crippen LogP contribution >= 0.6 is 12.4 Å². The maximum Gasteiger partial charge on any atom is 0.322 e. The van der Waals surface area contributed by atoms with Crippen molar-refractivity contribution >= 4 is 34.1 Å². The summed E-state index contributed by atoms with van der Waals surface area (Å²) in [5.41, 5.74) is 5.92. The molecule has 0 aliphatic carbocycles. The van der Waals surface area contributed by atoms with Crippen LogP contribution in [0.4, 0.5) is 5.69 Å². The zero-order valence-electron chi connectivity index (χ0n) is 10.7. The molecule has 1 heterocycles. The quantitative estimate of drug-likeness (QED) is 0.818. The van der Waals surface area contributed by atoms with E-state index in [0.29, 0.717) is 18.5 Å². The Balaban J connectivity index is 0.00000200. The number of benzene rings is 1. The monoisotopic (exact) mass is 320 g/mol. The highest BCUT2D eigenvalue weighted by Crippen LogP contribution is 2.26. The van der Waals surface area contributed by atoms with Gasteiger partial charge in [-0.2, -0.15) is 4.31 Å². The average Bonchev–Trinajstić information content (AvgIpc) is 2.38. The molecular weight excluding hydrogens is 304 g/mol. The van der Waals surface area contributed by atoms with E-state index < -0.39 is 22.0 Å². The smallest absolute Gasteiger partial charge is 0.322 e. The highest BCUT2D eigenvalue weighted by molar-refractivity contribution is 7.89. The van der Waals surface area contributed by atoms with Crippen LogP contribution in [0.5, 0.6) is 0 Å². The fraction of sp³-hybridized carbons (Fsp3) is 0.417. The van der Waals surface area contributed by atoms with Gasteiger partial charge in [-0.05, 0) is 37.5 Å². The Morgan fingerprint density at radius 3 is 2.65 bits per heavy atom. The number of carboxylic acid groups (broad SMARTS) is 1. The molecule has 6 nitrogen and oxygen atoms in total. The Bertz CT molecular complexity index is 591. The zero-order valence-corrected chi connectivity index (χ0v) is 12.4. The van der Waals surface area contributed by atoms with Crippen LogP contribution in [0.1, 0.15) is 19.3 Å². The third-order valence-electron chi connectivity index (χ3n) is 3.20. The SMILES string of the molecule is Cl.Nc1cccc(S(=O)(=O)N2CCCCC2C(=O)O)c1. The number of anilines is 1. The largest absolute Gasteiger partial charge is 0.480 e. The van der Waals surface area contributed by atoms with Crippen LogP contribution in [0.2, 0.25) is 0 Å². The predicted molar refractivity (Wildman–Crippen MR) is 77.3 cm³/mol. The van der Waals surface area contributed by atoms with Gasteiger partial charge in [-0.15, -0.1) is 12.4 Å². The minimum atomic E-state index is -3.81. The van der Waals surface area contributed by atoms with Gasteiger partial charge in [0.25, 0.3) is 0 Å². The van der Waals surface area contributed by atoms with E-state index in [1.54, 1.807) is 12.1 Å². The number of sulfonamides is 1. The number of nitrogen functional groups attached to an aromatic ring is 1. The summed E-state index contributed by atoms with van der Waals surface area (Å²) < 4.78 is 26.0. The van der Waals surface area contributed by atoms with Gasteiger partial charge in [0.2, 0.25) is 10.0 Å². The van der Waals surface area contributed by atoms with E-state index in [2.05, 4.69) is 0 Å². The summed E-state index contributed by atoms with van der Waals surface area (Å²) in [5.74, 6) is -1.10. The lowest BCUT2D eigenvalue weighted by Crippen LogP contribution is -2.47. The number of piperidine rings is 1. The second-order valence-corrected chi connectivity index (χ2v) is 6.43. The molecule has 1 atom stereocenters. The molecule has 1 aliphatic rings. The van der Waals surface area contributed by atoms with Crippen LogP contribution in [0.25, 0.3) is 0 Å². The van der Waals surface area contributed by atoms with Gasteiger partial charge in [0, 0.05) is 12.2 Å². The van der Waals surface area contributed by atoms with E-state index in [-0.39, 0.29) is 23.8 Å². The number of nitrogens with zero attached hydrogens (tertiary/aromatic N) is 1. The second-order valence-electron chi connectivity index (χ2n) is 4.54. The van der Waals surface area contributed by atoms with Crippen molar-refractivity contribution in [2.45, 2.75) is 30.2 Å². The van der Waals surface area contributed by atoms with Gasteiger partial charge in [-0.1, -0.05) is 6.07 Å². The van der Waals surface area contributed by atoms with Crippen LogP contribution in [-0.4, -0.2) is 36.4 Å². The molecule has 0 amide bonds. The van der Waals surface area contributed by atoms with Gasteiger partial charge in [-0.25, -0.2) is 8.42 Å². The molecule has 0 saturated carbocycles. The Hall–Kier alpha value is -1.31. The molecule has 1 saturated heterocycles. The number of hydrogen-bond acceptors (Lipinski definition) is 4. The molecule has 0 spiro atoms. The molecule has 2 rings (SSSR count). The topological polar surface area (TPSA) is 101 Å². The van der Waals surface area contributed by atoms with Crippen LogP contribution < -0.4 is 5.73 Å². The van der Waals surface area contributed by atoms with Crippen molar-refractivity contribution in [3.05, 3.63) is 24.3 Å². The molecule has 3 N–H and O–H groups in total. The molecule has 1 aromatic rings. The normalized spacial score (nSPS) is 20.1. The third-order valence-corrected chi connectivity index (χ3v) is 5.11. The first-order valence-corrected chi connectivity index (χ1v) is 7.47. The fourth-order valence-corrected chi connectivity index (χ4v) is 3.96. The van der Waals surface area contributed by atoms with Crippen LogP contribution in [0.3, 0.4) is 0 Å². The summed E-state index contributed by atoms with van der Waals surface area (Å²) in [4.78, 5) is 11.2. The van der Waals surface area contributed by atoms with Crippen LogP contribution in [0, 0.1) is 0 Å². The first-order valence-electron chi connectivity index (χ1n) is 6.03. The van der Waals surface area contributed by atoms with Crippen molar-refractivity contribution in [1.29, 1.82) is 0 Å². The highest BCUT2D eigenvalue weighted by atomic mass is 35.5. The number of rotatable bonds is 3. The minimum Gasteiger partial charge on any atom is -0.480 e. The van der Waals surface area contributed by atoms with Gasteiger partial charge in [0.05, 0.1) is 4.90 Å². The number of hydrogen-bond donors (Lipinski definition) is 2. The minimum absolute atomic E-state index is 0. The summed E-state index contributed by atoms with van der Waals surface area (Å²) in [7, 11) is -3.81. The first kappa shape index (κ1) is 16.7. The summed E-state index contributed by atoms with van der Waals surface area (Å²) in [6, 6.07) is 4.92. The molecule has 8 heteroatoms. The van der Waals surface area contributed by atoms with Crippen molar-refractivity contribution in [1.82, 2.24) is 4.31 Å². The van der Waals surface area contributed by atoms with E-state index in [9.17, 15) is 13.2 Å². The molecule has 1 aromatic carbocycles. The van der Waals surface area contributed by atoms with Crippen LogP contribution in [0.15, 0.2) is 29.2 Å². The van der Waals surface area contributed by atoms with Crippen LogP contribution in [-0.2, 0) is 14.8 Å². The van der Waals surface area contributed by atoms with Crippen molar-refractivity contribution in [2.75, 3.05) is 12.3 Å². The van der Waals surface area contributed by atoms with Gasteiger partial charge >= 0.3 is 5.97 Å². The van der Waals surface area contributed by atoms with Crippen molar-refractivity contribution in [2.24, 2.45) is 0 Å². The number of carboxylic acids is 1. The highest BCUT2D eigenvalue weighted by Gasteiger charge is 2.37. The van der Waals surface area contributed by atoms with Gasteiger partial charge in [-0.3, -0.25) is 4.79 Å². The number of aliphatic carboxylic acids is 1. The molecule has 0 radical (unpaired) electrons. The summed E-state index contributed by atoms with van der Waals surface area (Å²) in [6.45, 7) is 0.230. The Labute approximate surface area is 124 Å². The molecule has 1 unspecified atom stereocenters. The lowest BCUT2D eigenvalue weighted by atomic mass is 10.1. The van der Waals surface area contributed by atoms with Crippen molar-refractivity contribution in [3.63, 3.8) is 0 Å². The fourth-order valence-electron chi connectivity index (χ4n) is 2.25. The third kappa shape index (κ3) is 3.23. The van der Waals surface area contributed by atoms with E-state index in [4.69, 9.17) is 10.8 Å². The summed E-state index contributed by atoms with van der Waals surface area (Å²) in [6.07, 6.45) is 1.74. The molecule has 0 aromatic heterocycles. The Kier molecular flexibility index (Phi) is 5.38. The van der Waals surface area contributed by atoms with E-state index in [1.807, 2.05) is 0 Å². The van der Waals surface area contributed by atoms with E-state index in [1.165, 1.54) is 12.1 Å². The molecule has 0 bridgehead atoms. The standard InChI is InChI=1S/C12H16N2O4S.ClH/c13-9-4-3-5-10(8-9)19(17,18)14-7-2-1-6-11(14)12(15)16;/h3-5,8,11H,1-2,6-7,13H2,(H,15,16);1H. The molecule has 1 fully saturated rings. The van der Waals surface area contributed by atoms with Gasteiger partial charge < -0.3 is 10.8 Å². The number of carbonyl (C=O) groups is 1. The van der Waals surface area contributed by atoms with E-state index >= 15 is 0 Å². The predicted octanol–water partition coefficient (Wildman–Crippen LogP) is 1.32. The Morgan fingerprint density at radius 2 is 2.05 bits per heavy atom. The number of halogens is 1. The molecule has 20 heavy (non-hydrogen) atoms. The van der Waals surface area contributed by atoms with Gasteiger partial charge in [0.15, 0.2) is 0 Å². The summed E-state index contributed by atoms with van der Waals surface area (Å²) in [5, 5.41) is 9.14. The zero-order chi connectivity index (χ0) is 14.0. The van der Waals surface area contributed by atoms with Crippen molar-refractivity contribution in [3.8, 4) is 0 Å². The first-order chi connectivity index (χ1) is 8.93. The maximum atomic E-state index is 12.5. The lowest BCUT2D eigenvalue weighted by Gasteiger charge is -2.31. The molecular formula is C12H17ClN2O4S. The van der Waals surface area contributed by atoms with Crippen molar-refractivity contribution < 1.29 is 18.3 Å². The van der Waals surface area contributed by atoms with E-state index in [0.717, 1.165) is 10.7 Å². The summed E-state index contributed by atoms with van der Waals surface area (Å²) >= 11 is 0. The Morgan fingerprint density at radius 1 is 1.35 bits per heavy atom. The molecule has 112 valence electrons. The maximum absolute atomic E-state index is 12.5. The second kappa shape index (κ2) is 6.43. The average molecular weight is 321 g/mol. The number of nitrogens with two attached hydrogens (primary N) is 1. The van der Waals surface area contributed by atoms with Gasteiger partial charge in [0.1, 0.15) is 6.04 Å². The lowest BCUT2D eigenvalue weighted by molar-refractivity contribution is -0.142. The molecule has 1 aliphatic heterocycles.